The Morgan fingerprint density at radius 2 is 1.73 bits per heavy atom. The molecule has 3 fully saturated rings. The van der Waals surface area contributed by atoms with Crippen LogP contribution in [0.1, 0.15) is 68.8 Å². The van der Waals surface area contributed by atoms with Crippen molar-refractivity contribution in [1.29, 1.82) is 0 Å². The smallest absolute Gasteiger partial charge is 0.409 e. The van der Waals surface area contributed by atoms with Crippen LogP contribution in [-0.2, 0) is 14.6 Å². The van der Waals surface area contributed by atoms with E-state index in [4.69, 9.17) is 4.74 Å². The first-order valence-corrected chi connectivity index (χ1v) is 16.2. The summed E-state index contributed by atoms with van der Waals surface area (Å²) in [6.45, 7) is 5.05. The topological polar surface area (TPSA) is 118 Å². The minimum Gasteiger partial charge on any atom is -0.453 e. The Hall–Kier alpha value is -2.92. The molecule has 218 valence electrons. The maximum absolute atomic E-state index is 13.4. The van der Waals surface area contributed by atoms with E-state index < -0.39 is 15.9 Å². The fourth-order valence-corrected chi connectivity index (χ4v) is 8.40. The summed E-state index contributed by atoms with van der Waals surface area (Å²) in [5.74, 6) is -0.130. The van der Waals surface area contributed by atoms with Crippen molar-refractivity contribution >= 4 is 32.7 Å². The second-order valence-electron chi connectivity index (χ2n) is 11.7. The van der Waals surface area contributed by atoms with E-state index in [1.165, 1.54) is 7.11 Å². The number of methoxy groups -OCH3 is 1. The van der Waals surface area contributed by atoms with Crippen molar-refractivity contribution < 1.29 is 22.7 Å². The summed E-state index contributed by atoms with van der Waals surface area (Å²) < 4.78 is 30.5. The molecule has 2 atom stereocenters. The summed E-state index contributed by atoms with van der Waals surface area (Å²) in [6, 6.07) is 9.65. The fraction of sp³-hybridized carbons (Fsp3) is 0.621. The molecule has 40 heavy (non-hydrogen) atoms. The van der Waals surface area contributed by atoms with Gasteiger partial charge in [0.1, 0.15) is 15.4 Å². The molecule has 0 radical (unpaired) electrons. The highest BCUT2D eigenvalue weighted by Crippen LogP contribution is 2.36. The molecule has 0 spiro atoms. The molecular weight excluding hydrogens is 532 g/mol. The monoisotopic (exact) mass is 572 g/mol. The number of hydrogen-bond acceptors (Lipinski definition) is 7. The van der Waals surface area contributed by atoms with E-state index in [0.29, 0.717) is 25.9 Å². The van der Waals surface area contributed by atoms with Gasteiger partial charge in [-0.15, -0.1) is 0 Å². The molecule has 2 aromatic rings. The summed E-state index contributed by atoms with van der Waals surface area (Å²) in [6.07, 6.45) is 4.07. The molecule has 4 heterocycles. The van der Waals surface area contributed by atoms with Crippen molar-refractivity contribution in [3.8, 4) is 0 Å². The van der Waals surface area contributed by atoms with Gasteiger partial charge in [0.2, 0.25) is 0 Å². The van der Waals surface area contributed by atoms with Crippen LogP contribution in [0.25, 0.3) is 10.9 Å². The van der Waals surface area contributed by atoms with Gasteiger partial charge in [0, 0.05) is 43.3 Å². The standard InChI is InChI=1S/C29H40N4O6S/c1-19(2)33-26-7-5-4-6-20(26)16-25(28(33)35)27(34)30-21-17-23-8-9-24(18-21)31(23)12-13-32(29(36)39-3)22-10-14-40(37,38)15-11-22/h4-7,16,19,21-24H,8-15,17-18H2,1-3H3,(H,30,34). The van der Waals surface area contributed by atoms with Crippen LogP contribution >= 0.6 is 0 Å². The molecule has 3 aliphatic rings. The van der Waals surface area contributed by atoms with E-state index in [-0.39, 0.29) is 58.7 Å². The lowest BCUT2D eigenvalue weighted by Crippen LogP contribution is -2.54. The third-order valence-corrected chi connectivity index (χ3v) is 10.6. The molecule has 3 aliphatic heterocycles. The van der Waals surface area contributed by atoms with Gasteiger partial charge in [-0.3, -0.25) is 14.5 Å². The van der Waals surface area contributed by atoms with Gasteiger partial charge in [0.25, 0.3) is 11.5 Å². The zero-order valence-corrected chi connectivity index (χ0v) is 24.4. The molecule has 0 aliphatic carbocycles. The number of aromatic nitrogens is 1. The minimum absolute atomic E-state index is 0.0279. The van der Waals surface area contributed by atoms with E-state index in [1.54, 1.807) is 15.5 Å². The van der Waals surface area contributed by atoms with E-state index >= 15 is 0 Å². The van der Waals surface area contributed by atoms with Gasteiger partial charge in [-0.2, -0.15) is 0 Å². The molecule has 1 N–H and O–H groups in total. The normalized spacial score (nSPS) is 24.8. The predicted octanol–water partition coefficient (Wildman–Crippen LogP) is 2.95. The number of nitrogens with zero attached hydrogens (tertiary/aromatic N) is 3. The van der Waals surface area contributed by atoms with Crippen molar-refractivity contribution in [2.75, 3.05) is 31.7 Å². The number of para-hydroxylation sites is 1. The van der Waals surface area contributed by atoms with Crippen LogP contribution in [0.2, 0.25) is 0 Å². The van der Waals surface area contributed by atoms with E-state index in [9.17, 15) is 22.8 Å². The molecule has 0 saturated carbocycles. The van der Waals surface area contributed by atoms with Gasteiger partial charge in [-0.25, -0.2) is 13.2 Å². The summed E-state index contributed by atoms with van der Waals surface area (Å²) in [5, 5.41) is 4.02. The lowest BCUT2D eigenvalue weighted by molar-refractivity contribution is 0.0682. The molecular formula is C29H40N4O6S. The summed E-state index contributed by atoms with van der Waals surface area (Å²) in [7, 11) is -1.67. The number of carbonyl (C=O) groups excluding carboxylic acids is 2. The van der Waals surface area contributed by atoms with Crippen LogP contribution < -0.4 is 10.9 Å². The predicted molar refractivity (Wildman–Crippen MR) is 153 cm³/mol. The number of rotatable bonds is 7. The molecule has 11 heteroatoms. The van der Waals surface area contributed by atoms with E-state index in [1.807, 2.05) is 38.1 Å². The van der Waals surface area contributed by atoms with Crippen molar-refractivity contribution in [3.63, 3.8) is 0 Å². The van der Waals surface area contributed by atoms with Gasteiger partial charge in [-0.05, 0) is 69.9 Å². The van der Waals surface area contributed by atoms with Crippen LogP contribution in [0, 0.1) is 0 Å². The van der Waals surface area contributed by atoms with Crippen molar-refractivity contribution in [2.45, 2.75) is 82.6 Å². The number of fused-ring (bicyclic) bond motifs is 3. The Morgan fingerprint density at radius 3 is 2.35 bits per heavy atom. The van der Waals surface area contributed by atoms with E-state index in [2.05, 4.69) is 10.2 Å². The number of ether oxygens (including phenoxy) is 1. The van der Waals surface area contributed by atoms with Gasteiger partial charge < -0.3 is 19.5 Å². The maximum atomic E-state index is 13.4. The second kappa shape index (κ2) is 11.5. The molecule has 2 amide bonds. The van der Waals surface area contributed by atoms with Crippen LogP contribution in [-0.4, -0.2) is 90.7 Å². The third kappa shape index (κ3) is 5.76. The zero-order valence-electron chi connectivity index (χ0n) is 23.5. The molecule has 2 bridgehead atoms. The van der Waals surface area contributed by atoms with Crippen LogP contribution in [0.15, 0.2) is 35.1 Å². The highest BCUT2D eigenvalue weighted by Gasteiger charge is 2.42. The fourth-order valence-electron chi connectivity index (χ4n) is 6.93. The second-order valence-corrected chi connectivity index (χ2v) is 14.0. The zero-order chi connectivity index (χ0) is 28.6. The molecule has 1 aromatic heterocycles. The van der Waals surface area contributed by atoms with Crippen molar-refractivity contribution in [1.82, 2.24) is 19.7 Å². The summed E-state index contributed by atoms with van der Waals surface area (Å²) >= 11 is 0. The highest BCUT2D eigenvalue weighted by atomic mass is 32.2. The summed E-state index contributed by atoms with van der Waals surface area (Å²) in [5.41, 5.74) is 0.719. The first kappa shape index (κ1) is 28.6. The van der Waals surface area contributed by atoms with E-state index in [0.717, 1.165) is 36.6 Å². The number of sulfone groups is 1. The average Bonchev–Trinajstić information content (AvgIpc) is 3.15. The summed E-state index contributed by atoms with van der Waals surface area (Å²) in [4.78, 5) is 43.4. The van der Waals surface area contributed by atoms with Crippen LogP contribution in [0.4, 0.5) is 4.79 Å². The van der Waals surface area contributed by atoms with Crippen molar-refractivity contribution in [3.05, 3.63) is 46.2 Å². The number of piperidine rings is 1. The Balaban J connectivity index is 1.24. The average molecular weight is 573 g/mol. The van der Waals surface area contributed by atoms with Gasteiger partial charge in [0.05, 0.1) is 24.1 Å². The lowest BCUT2D eigenvalue weighted by Gasteiger charge is -2.41. The molecule has 2 unspecified atom stereocenters. The quantitative estimate of drug-likeness (QED) is 0.542. The number of carbonyl (C=O) groups is 2. The first-order valence-electron chi connectivity index (χ1n) is 14.3. The number of amides is 2. The molecule has 1 aromatic carbocycles. The van der Waals surface area contributed by atoms with Gasteiger partial charge >= 0.3 is 6.09 Å². The number of benzene rings is 1. The van der Waals surface area contributed by atoms with Gasteiger partial charge in [0.15, 0.2) is 0 Å². The largest absolute Gasteiger partial charge is 0.453 e. The molecule has 5 rings (SSSR count). The Morgan fingerprint density at radius 1 is 1.07 bits per heavy atom. The first-order chi connectivity index (χ1) is 19.1. The third-order valence-electron chi connectivity index (χ3n) is 8.90. The number of pyridine rings is 1. The maximum Gasteiger partial charge on any atom is 0.409 e. The van der Waals surface area contributed by atoms with Gasteiger partial charge in [-0.1, -0.05) is 18.2 Å². The lowest BCUT2D eigenvalue weighted by atomic mass is 9.96. The molecule has 3 saturated heterocycles. The van der Waals surface area contributed by atoms with Crippen molar-refractivity contribution in [2.24, 2.45) is 0 Å². The highest BCUT2D eigenvalue weighted by molar-refractivity contribution is 7.91. The van der Waals surface area contributed by atoms with Crippen LogP contribution in [0.3, 0.4) is 0 Å². The number of hydrogen-bond donors (Lipinski definition) is 1. The number of nitrogens with one attached hydrogen (secondary N) is 1. The Bertz CT molecular complexity index is 1410. The Kier molecular flexibility index (Phi) is 8.24. The minimum atomic E-state index is -3.03. The van der Waals surface area contributed by atoms with Crippen LogP contribution in [0.5, 0.6) is 0 Å². The molecule has 10 nitrogen and oxygen atoms in total. The SMILES string of the molecule is COC(=O)N(CCN1C2CCC1CC(NC(=O)c1cc3ccccc3n(C(C)C)c1=O)C2)C1CCS(=O)(=O)CC1. The Labute approximate surface area is 235 Å².